The van der Waals surface area contributed by atoms with Crippen molar-refractivity contribution in [2.45, 2.75) is 36.7 Å². The molecule has 2 atom stereocenters. The summed E-state index contributed by atoms with van der Waals surface area (Å²) in [4.78, 5) is 14.6. The van der Waals surface area contributed by atoms with Crippen molar-refractivity contribution >= 4 is 26.7 Å². The van der Waals surface area contributed by atoms with Gasteiger partial charge in [-0.25, -0.2) is 8.42 Å². The number of carbonyl (C=O) groups excluding carboxylic acids is 1. The van der Waals surface area contributed by atoms with E-state index in [1.165, 1.54) is 4.31 Å². The number of carbonyl (C=O) groups is 1. The highest BCUT2D eigenvalue weighted by atomic mass is 32.2. The molecule has 2 aliphatic heterocycles. The Morgan fingerprint density at radius 1 is 1.12 bits per heavy atom. The predicted octanol–water partition coefficient (Wildman–Crippen LogP) is 2.23. The highest BCUT2D eigenvalue weighted by Gasteiger charge is 2.45. The minimum Gasteiger partial charge on any atom is -0.497 e. The Bertz CT molecular complexity index is 973. The summed E-state index contributed by atoms with van der Waals surface area (Å²) >= 11 is 0. The van der Waals surface area contributed by atoms with E-state index in [0.29, 0.717) is 6.54 Å². The summed E-state index contributed by atoms with van der Waals surface area (Å²) in [7, 11) is -2.14. The van der Waals surface area contributed by atoms with Crippen LogP contribution in [0.3, 0.4) is 0 Å². The number of nitrogens with zero attached hydrogens (tertiary/aromatic N) is 2. The summed E-state index contributed by atoms with van der Waals surface area (Å²) < 4.78 is 33.0. The Morgan fingerprint density at radius 2 is 1.85 bits per heavy atom. The van der Waals surface area contributed by atoms with Crippen LogP contribution in [0, 0.1) is 0 Å². The second-order valence-electron chi connectivity index (χ2n) is 6.95. The number of hydrogen-bond acceptors (Lipinski definition) is 4. The van der Waals surface area contributed by atoms with Crippen molar-refractivity contribution in [2.24, 2.45) is 0 Å². The first-order valence-corrected chi connectivity index (χ1v) is 10.3. The third-order valence-corrected chi connectivity index (χ3v) is 7.40. The van der Waals surface area contributed by atoms with E-state index in [9.17, 15) is 13.2 Å². The summed E-state index contributed by atoms with van der Waals surface area (Å²) in [6, 6.07) is 9.91. The lowest BCUT2D eigenvalue weighted by Gasteiger charge is -2.40. The molecule has 6 nitrogen and oxygen atoms in total. The highest BCUT2D eigenvalue weighted by Crippen LogP contribution is 2.31. The van der Waals surface area contributed by atoms with Crippen molar-refractivity contribution in [1.29, 1.82) is 0 Å². The molecule has 0 N–H and O–H groups in total. The Morgan fingerprint density at radius 3 is 2.62 bits per heavy atom. The van der Waals surface area contributed by atoms with E-state index in [0.717, 1.165) is 35.9 Å². The van der Waals surface area contributed by atoms with Crippen LogP contribution in [0.25, 0.3) is 10.8 Å². The summed E-state index contributed by atoms with van der Waals surface area (Å²) in [6.45, 7) is 2.79. The number of fused-ring (bicyclic) bond motifs is 2. The first-order valence-electron chi connectivity index (χ1n) is 8.82. The van der Waals surface area contributed by atoms with E-state index in [-0.39, 0.29) is 16.8 Å². The van der Waals surface area contributed by atoms with Crippen LogP contribution in [0.15, 0.2) is 41.3 Å². The lowest BCUT2D eigenvalue weighted by atomic mass is 10.1. The lowest BCUT2D eigenvalue weighted by Crippen LogP contribution is -2.59. The van der Waals surface area contributed by atoms with Crippen molar-refractivity contribution in [3.05, 3.63) is 36.4 Å². The first-order chi connectivity index (χ1) is 12.4. The van der Waals surface area contributed by atoms with Gasteiger partial charge in [0, 0.05) is 19.1 Å². The van der Waals surface area contributed by atoms with E-state index >= 15 is 0 Å². The van der Waals surface area contributed by atoms with Crippen LogP contribution in [0.2, 0.25) is 0 Å². The van der Waals surface area contributed by atoms with Gasteiger partial charge in [0.2, 0.25) is 15.9 Å². The first kappa shape index (κ1) is 17.3. The van der Waals surface area contributed by atoms with Gasteiger partial charge < -0.3 is 9.64 Å². The van der Waals surface area contributed by atoms with Crippen molar-refractivity contribution in [3.8, 4) is 5.75 Å². The quantitative estimate of drug-likeness (QED) is 0.826. The average molecular weight is 374 g/mol. The van der Waals surface area contributed by atoms with E-state index in [1.807, 2.05) is 23.1 Å². The van der Waals surface area contributed by atoms with Gasteiger partial charge in [0.25, 0.3) is 0 Å². The van der Waals surface area contributed by atoms with Gasteiger partial charge in [-0.05, 0) is 54.8 Å². The van der Waals surface area contributed by atoms with Crippen LogP contribution in [0.4, 0.5) is 0 Å². The van der Waals surface area contributed by atoms with Gasteiger partial charge >= 0.3 is 0 Å². The fourth-order valence-corrected chi connectivity index (χ4v) is 5.64. The fraction of sp³-hybridized carbons (Fsp3) is 0.421. The molecule has 2 aromatic carbocycles. The molecule has 1 amide bonds. The minimum absolute atomic E-state index is 0.00167. The molecular weight excluding hydrogens is 352 g/mol. The second kappa shape index (κ2) is 6.25. The minimum atomic E-state index is -3.74. The van der Waals surface area contributed by atoms with E-state index < -0.39 is 16.1 Å². The Labute approximate surface area is 153 Å². The number of benzene rings is 2. The van der Waals surface area contributed by atoms with Gasteiger partial charge in [-0.3, -0.25) is 4.79 Å². The molecule has 2 saturated heterocycles. The Hall–Kier alpha value is -2.12. The second-order valence-corrected chi connectivity index (χ2v) is 8.84. The topological polar surface area (TPSA) is 66.9 Å². The molecule has 4 rings (SSSR count). The number of piperazine rings is 1. The Kier molecular flexibility index (Phi) is 4.16. The normalized spacial score (nSPS) is 24.1. The molecule has 2 aromatic rings. The fourth-order valence-electron chi connectivity index (χ4n) is 3.98. The molecule has 0 bridgehead atoms. The summed E-state index contributed by atoms with van der Waals surface area (Å²) in [5, 5.41) is 1.73. The third kappa shape index (κ3) is 2.66. The predicted molar refractivity (Wildman–Crippen MR) is 98.6 cm³/mol. The molecule has 0 aromatic heterocycles. The lowest BCUT2D eigenvalue weighted by molar-refractivity contribution is -0.139. The van der Waals surface area contributed by atoms with E-state index in [2.05, 4.69) is 0 Å². The smallest absolute Gasteiger partial charge is 0.243 e. The largest absolute Gasteiger partial charge is 0.497 e. The van der Waals surface area contributed by atoms with Gasteiger partial charge in [0.05, 0.1) is 12.0 Å². The van der Waals surface area contributed by atoms with Crippen molar-refractivity contribution in [1.82, 2.24) is 9.21 Å². The number of sulfonamides is 1. The van der Waals surface area contributed by atoms with Gasteiger partial charge in [-0.1, -0.05) is 12.1 Å². The summed E-state index contributed by atoms with van der Waals surface area (Å²) in [5.74, 6) is 0.637. The molecule has 2 heterocycles. The molecule has 0 spiro atoms. The van der Waals surface area contributed by atoms with Crippen molar-refractivity contribution in [3.63, 3.8) is 0 Å². The highest BCUT2D eigenvalue weighted by molar-refractivity contribution is 7.89. The van der Waals surface area contributed by atoms with Crippen LogP contribution >= 0.6 is 0 Å². The molecule has 0 aliphatic carbocycles. The molecule has 26 heavy (non-hydrogen) atoms. The van der Waals surface area contributed by atoms with Crippen LogP contribution in [0.1, 0.15) is 19.8 Å². The van der Waals surface area contributed by atoms with Crippen molar-refractivity contribution < 1.29 is 17.9 Å². The molecule has 0 unspecified atom stereocenters. The molecule has 0 radical (unpaired) electrons. The number of ether oxygens (including phenoxy) is 1. The number of methoxy groups -OCH3 is 1. The SMILES string of the molecule is COc1ccc2cc(S(=O)(=O)N3C[C@@H]4CCCN4C(=O)[C@H]3C)ccc2c1. The van der Waals surface area contributed by atoms with Crippen LogP contribution in [-0.2, 0) is 14.8 Å². The Balaban J connectivity index is 1.71. The van der Waals surface area contributed by atoms with E-state index in [1.54, 1.807) is 32.2 Å². The van der Waals surface area contributed by atoms with E-state index in [4.69, 9.17) is 4.74 Å². The van der Waals surface area contributed by atoms with Gasteiger partial charge in [0.1, 0.15) is 11.8 Å². The molecule has 2 fully saturated rings. The zero-order chi connectivity index (χ0) is 18.5. The zero-order valence-corrected chi connectivity index (χ0v) is 15.7. The standard InChI is InChI=1S/C19H22N2O4S/c1-13-19(22)20-9-3-4-16(20)12-21(13)26(23,24)18-8-6-14-10-17(25-2)7-5-15(14)11-18/h5-8,10-11,13,16H,3-4,9,12H2,1-2H3/t13-,16+/m1/s1. The summed E-state index contributed by atoms with van der Waals surface area (Å²) in [5.41, 5.74) is 0. The number of rotatable bonds is 3. The number of amides is 1. The third-order valence-electron chi connectivity index (χ3n) is 5.47. The van der Waals surface area contributed by atoms with Crippen LogP contribution in [-0.4, -0.2) is 55.8 Å². The maximum absolute atomic E-state index is 13.2. The molecule has 138 valence electrons. The maximum atomic E-state index is 13.2. The number of hydrogen-bond donors (Lipinski definition) is 0. The molecular formula is C19H22N2O4S. The maximum Gasteiger partial charge on any atom is 0.243 e. The van der Waals surface area contributed by atoms with Gasteiger partial charge in [-0.15, -0.1) is 0 Å². The van der Waals surface area contributed by atoms with Crippen molar-refractivity contribution in [2.75, 3.05) is 20.2 Å². The average Bonchev–Trinajstić information content (AvgIpc) is 3.12. The molecule has 2 aliphatic rings. The van der Waals surface area contributed by atoms with Gasteiger partial charge in [0.15, 0.2) is 0 Å². The van der Waals surface area contributed by atoms with Crippen LogP contribution in [0.5, 0.6) is 5.75 Å². The monoisotopic (exact) mass is 374 g/mol. The zero-order valence-electron chi connectivity index (χ0n) is 14.9. The molecule has 7 heteroatoms. The van der Waals surface area contributed by atoms with Crippen LogP contribution < -0.4 is 4.74 Å². The van der Waals surface area contributed by atoms with Gasteiger partial charge in [-0.2, -0.15) is 4.31 Å². The summed E-state index contributed by atoms with van der Waals surface area (Å²) in [6.07, 6.45) is 1.80. The molecule has 0 saturated carbocycles.